The molecule has 0 heterocycles. The summed E-state index contributed by atoms with van der Waals surface area (Å²) in [7, 11) is 0. The number of rotatable bonds is 4. The molecule has 0 atom stereocenters. The van der Waals surface area contributed by atoms with Gasteiger partial charge in [0.2, 0.25) is 0 Å². The van der Waals surface area contributed by atoms with Gasteiger partial charge in [0.25, 0.3) is 0 Å². The van der Waals surface area contributed by atoms with Crippen LogP contribution in [0.1, 0.15) is 19.4 Å². The number of carbonyl (C=O) groups is 1. The number of esters is 1. The highest BCUT2D eigenvalue weighted by Gasteiger charge is 2.09. The molecule has 0 spiro atoms. The van der Waals surface area contributed by atoms with E-state index in [2.05, 4.69) is 26.5 Å². The van der Waals surface area contributed by atoms with Crippen molar-refractivity contribution in [1.29, 1.82) is 0 Å². The molecule has 4 nitrogen and oxygen atoms in total. The topological polar surface area (TPSA) is 50.7 Å². The molecule has 0 aliphatic heterocycles. The van der Waals surface area contributed by atoms with Crippen LogP contribution in [-0.4, -0.2) is 18.3 Å². The molecule has 6 heteroatoms. The summed E-state index contributed by atoms with van der Waals surface area (Å²) < 4.78 is 19.2. The third-order valence-corrected chi connectivity index (χ3v) is 2.59. The molecule has 1 aromatic rings. The van der Waals surface area contributed by atoms with Gasteiger partial charge in [-0.1, -0.05) is 15.9 Å². The van der Waals surface area contributed by atoms with Crippen LogP contribution in [0.15, 0.2) is 21.7 Å². The molecule has 0 aliphatic carbocycles. The number of carbonyl (C=O) groups excluding carboxylic acids is 1. The van der Waals surface area contributed by atoms with Crippen molar-refractivity contribution in [1.82, 2.24) is 0 Å². The van der Waals surface area contributed by atoms with Gasteiger partial charge >= 0.3 is 5.97 Å². The van der Waals surface area contributed by atoms with E-state index in [-0.39, 0.29) is 18.0 Å². The van der Waals surface area contributed by atoms with Crippen LogP contribution in [0.3, 0.4) is 0 Å². The summed E-state index contributed by atoms with van der Waals surface area (Å²) in [5.74, 6) is -0.935. The zero-order valence-electron chi connectivity index (χ0n) is 10.4. The van der Waals surface area contributed by atoms with E-state index in [0.29, 0.717) is 5.56 Å². The number of hydrazone groups is 1. The Morgan fingerprint density at radius 3 is 2.83 bits per heavy atom. The average Bonchev–Trinajstić information content (AvgIpc) is 2.31. The first-order valence-corrected chi connectivity index (χ1v) is 6.18. The minimum absolute atomic E-state index is 0.133. The standard InChI is InChI=1S/C12H14BrFN2O2/c1-4-18-12(17)8(3)15-16-10-6-9(13)5-7(2)11(10)14/h5-6,16H,4H2,1-3H3. The fraction of sp³-hybridized carbons (Fsp3) is 0.333. The summed E-state index contributed by atoms with van der Waals surface area (Å²) in [5.41, 5.74) is 3.33. The molecule has 1 aromatic carbocycles. The van der Waals surface area contributed by atoms with Crippen molar-refractivity contribution in [3.05, 3.63) is 28.0 Å². The van der Waals surface area contributed by atoms with Crippen LogP contribution in [-0.2, 0) is 9.53 Å². The molecule has 18 heavy (non-hydrogen) atoms. The van der Waals surface area contributed by atoms with Crippen LogP contribution in [0.2, 0.25) is 0 Å². The lowest BCUT2D eigenvalue weighted by Crippen LogP contribution is -2.15. The van der Waals surface area contributed by atoms with Crippen LogP contribution in [0.4, 0.5) is 10.1 Å². The summed E-state index contributed by atoms with van der Waals surface area (Å²) in [6.45, 7) is 5.12. The predicted molar refractivity (Wildman–Crippen MR) is 72.2 cm³/mol. The quantitative estimate of drug-likeness (QED) is 0.527. The van der Waals surface area contributed by atoms with Crippen LogP contribution in [0, 0.1) is 12.7 Å². The third-order valence-electron chi connectivity index (χ3n) is 2.13. The molecule has 0 aromatic heterocycles. The molecule has 0 radical (unpaired) electrons. The normalized spacial score (nSPS) is 11.3. The Morgan fingerprint density at radius 1 is 1.56 bits per heavy atom. The monoisotopic (exact) mass is 316 g/mol. The molecule has 98 valence electrons. The highest BCUT2D eigenvalue weighted by Crippen LogP contribution is 2.23. The Bertz CT molecular complexity index is 489. The first-order chi connectivity index (χ1) is 8.45. The van der Waals surface area contributed by atoms with Crippen LogP contribution < -0.4 is 5.43 Å². The lowest BCUT2D eigenvalue weighted by molar-refractivity contribution is -0.135. The second-order valence-electron chi connectivity index (χ2n) is 3.61. The van der Waals surface area contributed by atoms with E-state index in [9.17, 15) is 9.18 Å². The zero-order chi connectivity index (χ0) is 13.7. The van der Waals surface area contributed by atoms with Crippen molar-refractivity contribution in [2.24, 2.45) is 5.10 Å². The summed E-state index contributed by atoms with van der Waals surface area (Å²) in [4.78, 5) is 11.3. The second kappa shape index (κ2) is 6.49. The Balaban J connectivity index is 2.86. The summed E-state index contributed by atoms with van der Waals surface area (Å²) in [6.07, 6.45) is 0. The molecule has 1 N–H and O–H groups in total. The second-order valence-corrected chi connectivity index (χ2v) is 4.53. The van der Waals surface area contributed by atoms with Gasteiger partial charge < -0.3 is 4.74 Å². The lowest BCUT2D eigenvalue weighted by Gasteiger charge is -2.07. The van der Waals surface area contributed by atoms with Gasteiger partial charge in [0, 0.05) is 4.47 Å². The molecular weight excluding hydrogens is 303 g/mol. The minimum atomic E-state index is -0.530. The van der Waals surface area contributed by atoms with Gasteiger partial charge in [0.15, 0.2) is 5.82 Å². The van der Waals surface area contributed by atoms with Crippen molar-refractivity contribution in [2.45, 2.75) is 20.8 Å². The van der Waals surface area contributed by atoms with E-state index in [1.807, 2.05) is 0 Å². The van der Waals surface area contributed by atoms with Gasteiger partial charge in [0.05, 0.1) is 12.3 Å². The SMILES string of the molecule is CCOC(=O)C(C)=NNc1cc(Br)cc(C)c1F. The minimum Gasteiger partial charge on any atom is -0.461 e. The van der Waals surface area contributed by atoms with E-state index in [1.54, 1.807) is 26.0 Å². The summed E-state index contributed by atoms with van der Waals surface area (Å²) in [5, 5.41) is 3.79. The highest BCUT2D eigenvalue weighted by atomic mass is 79.9. The van der Waals surface area contributed by atoms with Gasteiger partial charge in [0.1, 0.15) is 5.71 Å². The smallest absolute Gasteiger partial charge is 0.354 e. The van der Waals surface area contributed by atoms with Crippen molar-refractivity contribution in [2.75, 3.05) is 12.0 Å². The predicted octanol–water partition coefficient (Wildman–Crippen LogP) is 3.25. The number of hydrogen-bond donors (Lipinski definition) is 1. The number of halogens is 2. The Morgan fingerprint density at radius 2 is 2.22 bits per heavy atom. The Labute approximate surface area is 113 Å². The maximum atomic E-state index is 13.7. The maximum absolute atomic E-state index is 13.7. The molecule has 1 rings (SSSR count). The van der Waals surface area contributed by atoms with Gasteiger partial charge in [-0.05, 0) is 38.5 Å². The van der Waals surface area contributed by atoms with Crippen molar-refractivity contribution >= 4 is 33.3 Å². The highest BCUT2D eigenvalue weighted by molar-refractivity contribution is 9.10. The lowest BCUT2D eigenvalue weighted by atomic mass is 10.2. The number of benzene rings is 1. The molecule has 0 unspecified atom stereocenters. The average molecular weight is 317 g/mol. The number of ether oxygens (including phenoxy) is 1. The van der Waals surface area contributed by atoms with E-state index in [0.717, 1.165) is 4.47 Å². The summed E-state index contributed by atoms with van der Waals surface area (Å²) in [6, 6.07) is 3.20. The van der Waals surface area contributed by atoms with Gasteiger partial charge in [-0.15, -0.1) is 0 Å². The first kappa shape index (κ1) is 14.6. The Kier molecular flexibility index (Phi) is 5.27. The van der Waals surface area contributed by atoms with Crippen molar-refractivity contribution in [3.8, 4) is 0 Å². The van der Waals surface area contributed by atoms with E-state index < -0.39 is 11.8 Å². The third kappa shape index (κ3) is 3.80. The van der Waals surface area contributed by atoms with Gasteiger partial charge in [-0.25, -0.2) is 9.18 Å². The number of nitrogens with one attached hydrogen (secondary N) is 1. The molecule has 0 saturated carbocycles. The Hall–Kier alpha value is -1.43. The van der Waals surface area contributed by atoms with Crippen LogP contribution >= 0.6 is 15.9 Å². The number of nitrogens with zero attached hydrogens (tertiary/aromatic N) is 1. The number of hydrogen-bond acceptors (Lipinski definition) is 4. The molecular formula is C12H14BrFN2O2. The van der Waals surface area contributed by atoms with Gasteiger partial charge in [-0.2, -0.15) is 5.10 Å². The largest absolute Gasteiger partial charge is 0.461 e. The first-order valence-electron chi connectivity index (χ1n) is 5.38. The molecule has 0 bridgehead atoms. The van der Waals surface area contributed by atoms with E-state index in [4.69, 9.17) is 4.74 Å². The molecule has 0 fully saturated rings. The van der Waals surface area contributed by atoms with Crippen LogP contribution in [0.25, 0.3) is 0 Å². The van der Waals surface area contributed by atoms with Crippen molar-refractivity contribution in [3.63, 3.8) is 0 Å². The zero-order valence-corrected chi connectivity index (χ0v) is 12.0. The number of anilines is 1. The summed E-state index contributed by atoms with van der Waals surface area (Å²) >= 11 is 3.26. The fourth-order valence-electron chi connectivity index (χ4n) is 1.23. The van der Waals surface area contributed by atoms with E-state index in [1.165, 1.54) is 6.92 Å². The molecule has 0 saturated heterocycles. The molecule has 0 amide bonds. The fourth-order valence-corrected chi connectivity index (χ4v) is 1.80. The van der Waals surface area contributed by atoms with Crippen LogP contribution in [0.5, 0.6) is 0 Å². The van der Waals surface area contributed by atoms with Crippen molar-refractivity contribution < 1.29 is 13.9 Å². The number of aryl methyl sites for hydroxylation is 1. The maximum Gasteiger partial charge on any atom is 0.354 e. The van der Waals surface area contributed by atoms with E-state index >= 15 is 0 Å². The molecule has 0 aliphatic rings. The van der Waals surface area contributed by atoms with Gasteiger partial charge in [-0.3, -0.25) is 5.43 Å².